The summed E-state index contributed by atoms with van der Waals surface area (Å²) >= 11 is 1.73. The molecule has 1 aliphatic heterocycles. The van der Waals surface area contributed by atoms with Crippen molar-refractivity contribution in [3.05, 3.63) is 59.0 Å². The van der Waals surface area contributed by atoms with Gasteiger partial charge in [-0.25, -0.2) is 0 Å². The predicted molar refractivity (Wildman–Crippen MR) is 94.9 cm³/mol. The fraction of sp³-hybridized carbons (Fsp3) is 0.278. The topological polar surface area (TPSA) is 33.0 Å². The number of nitrogens with zero attached hydrogens (tertiary/aromatic N) is 1. The third kappa shape index (κ3) is 2.98. The van der Waals surface area contributed by atoms with E-state index in [0.29, 0.717) is 6.42 Å². The molecule has 0 amide bonds. The van der Waals surface area contributed by atoms with Crippen molar-refractivity contribution < 1.29 is 4.43 Å². The van der Waals surface area contributed by atoms with Crippen molar-refractivity contribution in [1.82, 2.24) is 0 Å². The van der Waals surface area contributed by atoms with Crippen LogP contribution >= 0.6 is 11.8 Å². The zero-order valence-electron chi connectivity index (χ0n) is 13.1. The molecule has 1 aromatic rings. The van der Waals surface area contributed by atoms with Crippen LogP contribution in [-0.4, -0.2) is 13.9 Å². The molecule has 1 atom stereocenters. The van der Waals surface area contributed by atoms with Crippen molar-refractivity contribution in [3.8, 4) is 6.07 Å². The van der Waals surface area contributed by atoms with Gasteiger partial charge in [0, 0.05) is 11.3 Å². The summed E-state index contributed by atoms with van der Waals surface area (Å²) in [5, 5.41) is 11.9. The number of hydrogen-bond acceptors (Lipinski definition) is 3. The van der Waals surface area contributed by atoms with Crippen molar-refractivity contribution in [2.24, 2.45) is 0 Å². The number of hydrogen-bond donors (Lipinski definition) is 0. The highest BCUT2D eigenvalue weighted by Gasteiger charge is 2.38. The highest BCUT2D eigenvalue weighted by atomic mass is 32.2. The normalized spacial score (nSPS) is 23.5. The number of fused-ring (bicyclic) bond motifs is 2. The maximum absolute atomic E-state index is 9.76. The Morgan fingerprint density at radius 1 is 1.23 bits per heavy atom. The maximum Gasteiger partial charge on any atom is 0.186 e. The van der Waals surface area contributed by atoms with Gasteiger partial charge in [-0.3, -0.25) is 0 Å². The van der Waals surface area contributed by atoms with E-state index in [-0.39, 0.29) is 0 Å². The molecule has 1 aliphatic carbocycles. The van der Waals surface area contributed by atoms with E-state index < -0.39 is 13.9 Å². The molecule has 1 aromatic carbocycles. The van der Waals surface area contributed by atoms with Crippen LogP contribution < -0.4 is 0 Å². The number of rotatable bonds is 2. The minimum absolute atomic E-state index is 0.613. The van der Waals surface area contributed by atoms with Crippen molar-refractivity contribution in [2.75, 3.05) is 0 Å². The second-order valence-corrected chi connectivity index (χ2v) is 12.0. The molecule has 0 bridgehead atoms. The Morgan fingerprint density at radius 2 is 2.00 bits per heavy atom. The number of allylic oxidation sites excluding steroid dienone is 3. The monoisotopic (exact) mass is 325 g/mol. The standard InChI is InChI=1S/C18H19NOSSi/c1-22(2,3)20-18(13-19)10-8-14-9-11-21-17-7-5-4-6-15(17)16(14)12-18/h4-11H,12H2,1-3H3. The van der Waals surface area contributed by atoms with Crippen LogP contribution in [0.1, 0.15) is 12.0 Å². The lowest BCUT2D eigenvalue weighted by molar-refractivity contribution is 0.175. The van der Waals surface area contributed by atoms with Crippen molar-refractivity contribution in [1.29, 1.82) is 5.26 Å². The molecule has 2 nitrogen and oxygen atoms in total. The first-order chi connectivity index (χ1) is 10.4. The van der Waals surface area contributed by atoms with Crippen LogP contribution in [0.3, 0.4) is 0 Å². The lowest BCUT2D eigenvalue weighted by Gasteiger charge is -2.34. The molecule has 1 heterocycles. The Kier molecular flexibility index (Phi) is 3.90. The van der Waals surface area contributed by atoms with Gasteiger partial charge in [0.05, 0.1) is 0 Å². The van der Waals surface area contributed by atoms with E-state index in [1.165, 1.54) is 21.6 Å². The summed E-state index contributed by atoms with van der Waals surface area (Å²) in [6.07, 6.45) is 6.72. The number of benzene rings is 1. The summed E-state index contributed by atoms with van der Waals surface area (Å²) < 4.78 is 6.25. The number of thioether (sulfide) groups is 1. The zero-order valence-corrected chi connectivity index (χ0v) is 14.9. The third-order valence-electron chi connectivity index (χ3n) is 3.65. The van der Waals surface area contributed by atoms with Crippen molar-refractivity contribution in [3.63, 3.8) is 0 Å². The van der Waals surface area contributed by atoms with Crippen molar-refractivity contribution in [2.45, 2.75) is 36.6 Å². The quantitative estimate of drug-likeness (QED) is 0.706. The van der Waals surface area contributed by atoms with Crippen LogP contribution in [0.4, 0.5) is 0 Å². The minimum atomic E-state index is -1.82. The van der Waals surface area contributed by atoms with Gasteiger partial charge >= 0.3 is 0 Å². The summed E-state index contributed by atoms with van der Waals surface area (Å²) in [5.74, 6) is 0. The summed E-state index contributed by atoms with van der Waals surface area (Å²) in [4.78, 5) is 1.24. The van der Waals surface area contributed by atoms with E-state index in [4.69, 9.17) is 4.43 Å². The highest BCUT2D eigenvalue weighted by Crippen LogP contribution is 2.43. The van der Waals surface area contributed by atoms with Gasteiger partial charge in [-0.15, -0.1) is 0 Å². The molecule has 2 aliphatic rings. The molecule has 22 heavy (non-hydrogen) atoms. The molecule has 1 unspecified atom stereocenters. The highest BCUT2D eigenvalue weighted by molar-refractivity contribution is 8.02. The van der Waals surface area contributed by atoms with Crippen molar-refractivity contribution >= 4 is 25.7 Å². The first-order valence-corrected chi connectivity index (χ1v) is 11.7. The molecule has 0 radical (unpaired) electrons. The minimum Gasteiger partial charge on any atom is -0.397 e. The molecule has 112 valence electrons. The predicted octanol–water partition coefficient (Wildman–Crippen LogP) is 5.13. The Balaban J connectivity index is 2.06. The van der Waals surface area contributed by atoms with E-state index >= 15 is 0 Å². The molecule has 0 fully saturated rings. The Labute approximate surface area is 137 Å². The van der Waals surface area contributed by atoms with Crippen LogP contribution in [0.15, 0.2) is 58.4 Å². The van der Waals surface area contributed by atoms with Gasteiger partial charge in [0.25, 0.3) is 0 Å². The molecular weight excluding hydrogens is 306 g/mol. The summed E-state index contributed by atoms with van der Waals surface area (Å²) in [6.45, 7) is 6.38. The molecule has 4 heteroatoms. The van der Waals surface area contributed by atoms with E-state index in [2.05, 4.69) is 61.5 Å². The fourth-order valence-electron chi connectivity index (χ4n) is 2.87. The Bertz CT molecular complexity index is 736. The second kappa shape index (κ2) is 5.58. The molecule has 0 aromatic heterocycles. The van der Waals surface area contributed by atoms with Gasteiger partial charge < -0.3 is 4.43 Å². The largest absolute Gasteiger partial charge is 0.397 e. The zero-order chi connectivity index (χ0) is 15.8. The molecule has 0 N–H and O–H groups in total. The summed E-state index contributed by atoms with van der Waals surface area (Å²) in [7, 11) is -1.82. The summed E-state index contributed by atoms with van der Waals surface area (Å²) in [5.41, 5.74) is 2.77. The van der Waals surface area contributed by atoms with E-state index in [9.17, 15) is 5.26 Å². The molecule has 0 spiro atoms. The SMILES string of the molecule is C[Si](C)(C)OC1(C#N)C=CC2=C(C1)c1ccccc1SC=C2. The van der Waals surface area contributed by atoms with Crippen LogP contribution in [0.2, 0.25) is 19.6 Å². The van der Waals surface area contributed by atoms with Crippen LogP contribution in [0.25, 0.3) is 5.57 Å². The Hall–Kier alpha value is -1.54. The fourth-order valence-corrected chi connectivity index (χ4v) is 4.99. The Morgan fingerprint density at radius 3 is 2.73 bits per heavy atom. The lowest BCUT2D eigenvalue weighted by Crippen LogP contribution is -2.41. The average Bonchev–Trinajstić information content (AvgIpc) is 2.65. The van der Waals surface area contributed by atoms with E-state index in [1.54, 1.807) is 11.8 Å². The average molecular weight is 326 g/mol. The smallest absolute Gasteiger partial charge is 0.186 e. The molecule has 0 saturated carbocycles. The third-order valence-corrected chi connectivity index (χ3v) is 5.51. The summed E-state index contributed by atoms with van der Waals surface area (Å²) in [6, 6.07) is 10.8. The van der Waals surface area contributed by atoms with Gasteiger partial charge in [-0.05, 0) is 60.0 Å². The van der Waals surface area contributed by atoms with Gasteiger partial charge in [-0.2, -0.15) is 5.26 Å². The van der Waals surface area contributed by atoms with Gasteiger partial charge in [0.2, 0.25) is 0 Å². The van der Waals surface area contributed by atoms with E-state index in [0.717, 1.165) is 0 Å². The first-order valence-electron chi connectivity index (χ1n) is 7.39. The van der Waals surface area contributed by atoms with E-state index in [1.807, 2.05) is 12.2 Å². The van der Waals surface area contributed by atoms with Gasteiger partial charge in [-0.1, -0.05) is 36.0 Å². The lowest BCUT2D eigenvalue weighted by atomic mass is 9.83. The second-order valence-electron chi connectivity index (χ2n) is 6.58. The maximum atomic E-state index is 9.76. The first kappa shape index (κ1) is 15.4. The van der Waals surface area contributed by atoms with Crippen LogP contribution in [-0.2, 0) is 4.43 Å². The number of nitriles is 1. The van der Waals surface area contributed by atoms with Crippen LogP contribution in [0, 0.1) is 11.3 Å². The molecular formula is C18H19NOSSi. The van der Waals surface area contributed by atoms with Crippen LogP contribution in [0.5, 0.6) is 0 Å². The molecule has 3 rings (SSSR count). The van der Waals surface area contributed by atoms with Gasteiger partial charge in [0.15, 0.2) is 13.9 Å². The molecule has 0 saturated heterocycles. The van der Waals surface area contributed by atoms with Gasteiger partial charge in [0.1, 0.15) is 6.07 Å².